The molecule has 8 nitrogen and oxygen atoms in total. The maximum atomic E-state index is 13.7. The van der Waals surface area contributed by atoms with E-state index in [0.29, 0.717) is 29.9 Å². The summed E-state index contributed by atoms with van der Waals surface area (Å²) in [4.78, 5) is 31.5. The molecule has 1 fully saturated rings. The zero-order chi connectivity index (χ0) is 26.2. The van der Waals surface area contributed by atoms with Crippen molar-refractivity contribution in [3.63, 3.8) is 0 Å². The first-order chi connectivity index (χ1) is 17.7. The highest BCUT2D eigenvalue weighted by Crippen LogP contribution is 2.38. The lowest BCUT2D eigenvalue weighted by Gasteiger charge is -2.39. The number of imidazole rings is 1. The van der Waals surface area contributed by atoms with Crippen LogP contribution in [0.2, 0.25) is 0 Å². The second-order valence-corrected chi connectivity index (χ2v) is 10.8. The first-order valence-corrected chi connectivity index (χ1v) is 13.0. The van der Waals surface area contributed by atoms with E-state index in [1.54, 1.807) is 11.1 Å². The number of nitrogens with one attached hydrogen (secondary N) is 1. The molecule has 0 aliphatic carbocycles. The number of likely N-dealkylation sites (tertiary alicyclic amines) is 1. The SMILES string of the molecule is CC(C)N1C(=O)C(C)(C#Cc2nccn2C)Cc2cnc(Nc3ccc(C4CCN(C)CC4)cc3)nc21. The van der Waals surface area contributed by atoms with Crippen molar-refractivity contribution < 1.29 is 4.79 Å². The van der Waals surface area contributed by atoms with Gasteiger partial charge < -0.3 is 14.8 Å². The van der Waals surface area contributed by atoms with Gasteiger partial charge in [-0.15, -0.1) is 0 Å². The van der Waals surface area contributed by atoms with Gasteiger partial charge in [0.05, 0.1) is 0 Å². The van der Waals surface area contributed by atoms with Gasteiger partial charge in [0.1, 0.15) is 11.2 Å². The molecule has 1 unspecified atom stereocenters. The number of aryl methyl sites for hydroxylation is 1. The summed E-state index contributed by atoms with van der Waals surface area (Å²) in [5.74, 6) is 8.63. The second-order valence-electron chi connectivity index (χ2n) is 10.8. The fraction of sp³-hybridized carbons (Fsp3) is 0.448. The van der Waals surface area contributed by atoms with Crippen molar-refractivity contribution in [3.05, 3.63) is 59.8 Å². The molecule has 4 heterocycles. The molecular formula is C29H35N7O. The average Bonchev–Trinajstić information content (AvgIpc) is 3.29. The maximum Gasteiger partial charge on any atom is 0.246 e. The fourth-order valence-corrected chi connectivity index (χ4v) is 5.18. The lowest BCUT2D eigenvalue weighted by molar-refractivity contribution is -0.125. The molecule has 8 heteroatoms. The summed E-state index contributed by atoms with van der Waals surface area (Å²) in [6.45, 7) is 8.17. The fourth-order valence-electron chi connectivity index (χ4n) is 5.18. The third-order valence-electron chi connectivity index (χ3n) is 7.45. The molecule has 2 aliphatic heterocycles. The number of anilines is 3. The van der Waals surface area contributed by atoms with E-state index in [0.717, 1.165) is 24.3 Å². The maximum absolute atomic E-state index is 13.7. The number of benzene rings is 1. The standard InChI is InChI=1S/C29H35N7O/c1-20(2)36-26-23(18-29(3,27(36)37)13-10-25-30-14-17-35(25)5)19-31-28(33-26)32-24-8-6-21(7-9-24)22-11-15-34(4)16-12-22/h6-9,14,17,19-20,22H,11-12,15-16,18H2,1-5H3,(H,31,32,33). The summed E-state index contributed by atoms with van der Waals surface area (Å²) >= 11 is 0. The Balaban J connectivity index is 1.37. The van der Waals surface area contributed by atoms with E-state index in [9.17, 15) is 4.79 Å². The summed E-state index contributed by atoms with van der Waals surface area (Å²) < 4.78 is 1.85. The Kier molecular flexibility index (Phi) is 6.74. The average molecular weight is 498 g/mol. The van der Waals surface area contributed by atoms with Gasteiger partial charge in [-0.05, 0) is 83.3 Å². The van der Waals surface area contributed by atoms with Gasteiger partial charge in [-0.3, -0.25) is 9.69 Å². The molecule has 0 radical (unpaired) electrons. The van der Waals surface area contributed by atoms with Gasteiger partial charge in [0.15, 0.2) is 5.82 Å². The second kappa shape index (κ2) is 9.98. The molecule has 0 saturated carbocycles. The minimum Gasteiger partial charge on any atom is -0.327 e. The summed E-state index contributed by atoms with van der Waals surface area (Å²) in [6.07, 6.45) is 8.21. The van der Waals surface area contributed by atoms with Crippen LogP contribution in [-0.2, 0) is 18.3 Å². The molecule has 37 heavy (non-hydrogen) atoms. The molecule has 0 bridgehead atoms. The van der Waals surface area contributed by atoms with Crippen LogP contribution < -0.4 is 10.2 Å². The number of aromatic nitrogens is 4. The van der Waals surface area contributed by atoms with E-state index >= 15 is 0 Å². The highest BCUT2D eigenvalue weighted by atomic mass is 16.2. The van der Waals surface area contributed by atoms with Gasteiger partial charge in [0.25, 0.3) is 0 Å². The number of rotatable bonds is 4. The Bertz CT molecular complexity index is 1340. The molecule has 2 aromatic heterocycles. The van der Waals surface area contributed by atoms with Crippen molar-refractivity contribution in [2.45, 2.75) is 52.0 Å². The molecule has 1 amide bonds. The summed E-state index contributed by atoms with van der Waals surface area (Å²) in [6, 6.07) is 8.51. The van der Waals surface area contributed by atoms with Crippen LogP contribution in [-0.4, -0.2) is 56.5 Å². The number of hydrogen-bond donors (Lipinski definition) is 1. The van der Waals surface area contributed by atoms with Crippen molar-refractivity contribution in [3.8, 4) is 11.8 Å². The highest BCUT2D eigenvalue weighted by molar-refractivity contribution is 6.02. The largest absolute Gasteiger partial charge is 0.327 e. The smallest absolute Gasteiger partial charge is 0.246 e. The molecular weight excluding hydrogens is 462 g/mol. The van der Waals surface area contributed by atoms with Crippen molar-refractivity contribution in [1.29, 1.82) is 0 Å². The normalized spacial score (nSPS) is 20.5. The number of hydrogen-bond acceptors (Lipinski definition) is 6. The highest BCUT2D eigenvalue weighted by Gasteiger charge is 2.43. The van der Waals surface area contributed by atoms with E-state index in [-0.39, 0.29) is 11.9 Å². The summed E-state index contributed by atoms with van der Waals surface area (Å²) in [7, 11) is 4.08. The first kappa shape index (κ1) is 25.0. The minimum atomic E-state index is -0.884. The van der Waals surface area contributed by atoms with E-state index in [1.165, 1.54) is 18.4 Å². The van der Waals surface area contributed by atoms with Crippen molar-refractivity contribution in [1.82, 2.24) is 24.4 Å². The van der Waals surface area contributed by atoms with Gasteiger partial charge in [-0.1, -0.05) is 18.1 Å². The Labute approximate surface area is 219 Å². The lowest BCUT2D eigenvalue weighted by atomic mass is 9.79. The zero-order valence-electron chi connectivity index (χ0n) is 22.3. The predicted octanol–water partition coefficient (Wildman–Crippen LogP) is 4.12. The van der Waals surface area contributed by atoms with Crippen LogP contribution in [0.25, 0.3) is 0 Å². The van der Waals surface area contributed by atoms with Crippen molar-refractivity contribution in [2.75, 3.05) is 30.4 Å². The van der Waals surface area contributed by atoms with Gasteiger partial charge in [0, 0.05) is 49.4 Å². The monoisotopic (exact) mass is 497 g/mol. The quantitative estimate of drug-likeness (QED) is 0.547. The van der Waals surface area contributed by atoms with Crippen molar-refractivity contribution >= 4 is 23.4 Å². The molecule has 1 N–H and O–H groups in total. The van der Waals surface area contributed by atoms with Crippen LogP contribution in [0.1, 0.15) is 56.5 Å². The number of amides is 1. The van der Waals surface area contributed by atoms with Crippen LogP contribution in [0.5, 0.6) is 0 Å². The number of nitrogens with zero attached hydrogens (tertiary/aromatic N) is 6. The first-order valence-electron chi connectivity index (χ1n) is 13.0. The molecule has 1 saturated heterocycles. The molecule has 5 rings (SSSR count). The van der Waals surface area contributed by atoms with Crippen LogP contribution in [0.15, 0.2) is 42.9 Å². The van der Waals surface area contributed by atoms with Crippen LogP contribution in [0.4, 0.5) is 17.5 Å². The van der Waals surface area contributed by atoms with Crippen LogP contribution in [0.3, 0.4) is 0 Å². The minimum absolute atomic E-state index is 0.0520. The zero-order valence-corrected chi connectivity index (χ0v) is 22.3. The van der Waals surface area contributed by atoms with Crippen molar-refractivity contribution in [2.24, 2.45) is 12.5 Å². The molecule has 192 valence electrons. The van der Waals surface area contributed by atoms with Gasteiger partial charge in [0.2, 0.25) is 11.9 Å². The topological polar surface area (TPSA) is 79.2 Å². The molecule has 1 atom stereocenters. The summed E-state index contributed by atoms with van der Waals surface area (Å²) in [5.41, 5.74) is 2.34. The van der Waals surface area contributed by atoms with Gasteiger partial charge in [-0.25, -0.2) is 9.97 Å². The molecule has 0 spiro atoms. The number of piperidine rings is 1. The number of carbonyl (C=O) groups excluding carboxylic acids is 1. The van der Waals surface area contributed by atoms with E-state index < -0.39 is 5.41 Å². The van der Waals surface area contributed by atoms with Gasteiger partial charge in [-0.2, -0.15) is 4.98 Å². The van der Waals surface area contributed by atoms with Crippen LogP contribution in [0, 0.1) is 17.3 Å². The van der Waals surface area contributed by atoms with E-state index in [2.05, 4.69) is 63.3 Å². The Morgan fingerprint density at radius 1 is 1.11 bits per heavy atom. The Morgan fingerprint density at radius 3 is 2.49 bits per heavy atom. The third kappa shape index (κ3) is 5.09. The summed E-state index contributed by atoms with van der Waals surface area (Å²) in [5, 5.41) is 3.33. The lowest BCUT2D eigenvalue weighted by Crippen LogP contribution is -2.50. The Morgan fingerprint density at radius 2 is 1.84 bits per heavy atom. The third-order valence-corrected chi connectivity index (χ3v) is 7.45. The number of fused-ring (bicyclic) bond motifs is 1. The molecule has 3 aromatic rings. The predicted molar refractivity (Wildman–Crippen MR) is 146 cm³/mol. The van der Waals surface area contributed by atoms with E-state index in [4.69, 9.17) is 4.98 Å². The number of carbonyl (C=O) groups is 1. The molecule has 2 aliphatic rings. The van der Waals surface area contributed by atoms with Crippen LogP contribution >= 0.6 is 0 Å². The molecule has 1 aromatic carbocycles. The van der Waals surface area contributed by atoms with Gasteiger partial charge >= 0.3 is 0 Å². The Hall–Kier alpha value is -3.70. The van der Waals surface area contributed by atoms with E-state index in [1.807, 2.05) is 44.8 Å².